The first-order valence-corrected chi connectivity index (χ1v) is 7.40. The summed E-state index contributed by atoms with van der Waals surface area (Å²) in [6.07, 6.45) is 0. The smallest absolute Gasteiger partial charge is 0.183 e. The lowest BCUT2D eigenvalue weighted by atomic mass is 9.91. The van der Waals surface area contributed by atoms with E-state index in [9.17, 15) is 0 Å². The lowest BCUT2D eigenvalue weighted by Crippen LogP contribution is -2.26. The van der Waals surface area contributed by atoms with Crippen molar-refractivity contribution in [3.05, 3.63) is 33.0 Å². The molecule has 0 atom stereocenters. The minimum atomic E-state index is 0.154. The maximum atomic E-state index is 4.51. The summed E-state index contributed by atoms with van der Waals surface area (Å²) in [6, 6.07) is 4.31. The number of aryl methyl sites for hydroxylation is 2. The number of hydrogen-bond donors (Lipinski definition) is 1. The van der Waals surface area contributed by atoms with Crippen LogP contribution >= 0.6 is 22.7 Å². The van der Waals surface area contributed by atoms with Crippen LogP contribution in [0.4, 0.5) is 5.13 Å². The molecule has 0 saturated carbocycles. The second-order valence-corrected chi connectivity index (χ2v) is 7.03. The van der Waals surface area contributed by atoms with E-state index in [4.69, 9.17) is 0 Å². The maximum Gasteiger partial charge on any atom is 0.183 e. The largest absolute Gasteiger partial charge is 0.361 e. The van der Waals surface area contributed by atoms with Crippen LogP contribution in [0.25, 0.3) is 0 Å². The number of rotatable bonds is 4. The highest BCUT2D eigenvalue weighted by molar-refractivity contribution is 7.15. The van der Waals surface area contributed by atoms with Gasteiger partial charge >= 0.3 is 0 Å². The molecular weight excluding hydrogens is 248 g/mol. The Bertz CT molecular complexity index is 464. The minimum Gasteiger partial charge on any atom is -0.361 e. The molecule has 0 aliphatic heterocycles. The van der Waals surface area contributed by atoms with Gasteiger partial charge in [0.2, 0.25) is 0 Å². The Balaban J connectivity index is 2.02. The SMILES string of the molecule is Cc1nc(NCC(C)(C)c2cccs2)sc1C. The zero-order chi connectivity index (χ0) is 12.5. The number of thiazole rings is 1. The van der Waals surface area contributed by atoms with Gasteiger partial charge in [-0.05, 0) is 25.3 Å². The van der Waals surface area contributed by atoms with Crippen LogP contribution in [-0.2, 0) is 5.41 Å². The highest BCUT2D eigenvalue weighted by atomic mass is 32.1. The number of nitrogens with zero attached hydrogens (tertiary/aromatic N) is 1. The lowest BCUT2D eigenvalue weighted by molar-refractivity contribution is 0.569. The van der Waals surface area contributed by atoms with Crippen molar-refractivity contribution < 1.29 is 0 Å². The van der Waals surface area contributed by atoms with Crippen LogP contribution in [0, 0.1) is 13.8 Å². The molecule has 0 unspecified atom stereocenters. The van der Waals surface area contributed by atoms with Crippen LogP contribution in [0.1, 0.15) is 29.3 Å². The van der Waals surface area contributed by atoms with Gasteiger partial charge in [0, 0.05) is 21.7 Å². The average molecular weight is 266 g/mol. The van der Waals surface area contributed by atoms with Gasteiger partial charge < -0.3 is 5.32 Å². The summed E-state index contributed by atoms with van der Waals surface area (Å²) in [5.74, 6) is 0. The molecule has 1 N–H and O–H groups in total. The van der Waals surface area contributed by atoms with Gasteiger partial charge in [-0.15, -0.1) is 22.7 Å². The number of thiophene rings is 1. The summed E-state index contributed by atoms with van der Waals surface area (Å²) in [5, 5.41) is 6.61. The first-order valence-electron chi connectivity index (χ1n) is 5.71. The van der Waals surface area contributed by atoms with E-state index >= 15 is 0 Å². The fourth-order valence-corrected chi connectivity index (χ4v) is 3.26. The van der Waals surface area contributed by atoms with Crippen molar-refractivity contribution in [1.29, 1.82) is 0 Å². The zero-order valence-corrected chi connectivity index (χ0v) is 12.3. The van der Waals surface area contributed by atoms with Gasteiger partial charge in [-0.1, -0.05) is 19.9 Å². The molecule has 0 amide bonds. The fraction of sp³-hybridized carbons (Fsp3) is 0.462. The lowest BCUT2D eigenvalue weighted by Gasteiger charge is -2.23. The van der Waals surface area contributed by atoms with E-state index in [0.29, 0.717) is 0 Å². The summed E-state index contributed by atoms with van der Waals surface area (Å²) >= 11 is 3.55. The fourth-order valence-electron chi connectivity index (χ4n) is 1.60. The van der Waals surface area contributed by atoms with Crippen molar-refractivity contribution in [1.82, 2.24) is 4.98 Å². The molecule has 17 heavy (non-hydrogen) atoms. The van der Waals surface area contributed by atoms with Gasteiger partial charge in [0.25, 0.3) is 0 Å². The van der Waals surface area contributed by atoms with Gasteiger partial charge in [0.1, 0.15) is 0 Å². The van der Waals surface area contributed by atoms with E-state index in [1.54, 1.807) is 11.3 Å². The Labute approximate surface area is 111 Å². The molecule has 0 spiro atoms. The predicted octanol–water partition coefficient (Wildman–Crippen LogP) is 4.21. The van der Waals surface area contributed by atoms with Crippen LogP contribution in [-0.4, -0.2) is 11.5 Å². The Morgan fingerprint density at radius 1 is 1.35 bits per heavy atom. The molecule has 2 rings (SSSR count). The minimum absolute atomic E-state index is 0.154. The Kier molecular flexibility index (Phi) is 3.54. The summed E-state index contributed by atoms with van der Waals surface area (Å²) in [6.45, 7) is 9.61. The van der Waals surface area contributed by atoms with Gasteiger partial charge in [0.15, 0.2) is 5.13 Å². The molecule has 4 heteroatoms. The van der Waals surface area contributed by atoms with Gasteiger partial charge in [-0.25, -0.2) is 4.98 Å². The van der Waals surface area contributed by atoms with Crippen LogP contribution < -0.4 is 5.32 Å². The second-order valence-electron chi connectivity index (χ2n) is 4.88. The van der Waals surface area contributed by atoms with E-state index in [1.165, 1.54) is 9.75 Å². The zero-order valence-electron chi connectivity index (χ0n) is 10.7. The summed E-state index contributed by atoms with van der Waals surface area (Å²) in [4.78, 5) is 7.21. The summed E-state index contributed by atoms with van der Waals surface area (Å²) in [5.41, 5.74) is 1.29. The molecule has 2 heterocycles. The molecular formula is C13H18N2S2. The van der Waals surface area contributed by atoms with Crippen molar-refractivity contribution in [2.24, 2.45) is 0 Å². The number of nitrogens with one attached hydrogen (secondary N) is 1. The molecule has 0 saturated heterocycles. The number of anilines is 1. The first kappa shape index (κ1) is 12.6. The molecule has 0 aromatic carbocycles. The Morgan fingerprint density at radius 2 is 2.12 bits per heavy atom. The van der Waals surface area contributed by atoms with E-state index in [1.807, 2.05) is 11.3 Å². The van der Waals surface area contributed by atoms with Crippen molar-refractivity contribution in [2.45, 2.75) is 33.1 Å². The van der Waals surface area contributed by atoms with E-state index in [-0.39, 0.29) is 5.41 Å². The Hall–Kier alpha value is -0.870. The second kappa shape index (κ2) is 4.78. The van der Waals surface area contributed by atoms with Crippen molar-refractivity contribution in [2.75, 3.05) is 11.9 Å². The number of hydrogen-bond acceptors (Lipinski definition) is 4. The predicted molar refractivity (Wildman–Crippen MR) is 77.4 cm³/mol. The molecule has 0 aliphatic rings. The van der Waals surface area contributed by atoms with Crippen molar-refractivity contribution in [3.8, 4) is 0 Å². The maximum absolute atomic E-state index is 4.51. The van der Waals surface area contributed by atoms with E-state index in [0.717, 1.165) is 17.4 Å². The molecule has 92 valence electrons. The van der Waals surface area contributed by atoms with Crippen LogP contribution in [0.15, 0.2) is 17.5 Å². The quantitative estimate of drug-likeness (QED) is 0.896. The Morgan fingerprint density at radius 3 is 2.65 bits per heavy atom. The average Bonchev–Trinajstić information content (AvgIpc) is 2.87. The van der Waals surface area contributed by atoms with E-state index < -0.39 is 0 Å². The van der Waals surface area contributed by atoms with Crippen LogP contribution in [0.3, 0.4) is 0 Å². The third kappa shape index (κ3) is 2.87. The van der Waals surface area contributed by atoms with E-state index in [2.05, 4.69) is 55.5 Å². The molecule has 0 fully saturated rings. The van der Waals surface area contributed by atoms with Gasteiger partial charge in [0.05, 0.1) is 5.69 Å². The standard InChI is InChI=1S/C13H18N2S2/c1-9-10(2)17-12(15-9)14-8-13(3,4)11-6-5-7-16-11/h5-7H,8H2,1-4H3,(H,14,15). The molecule has 2 aromatic rings. The molecule has 2 aromatic heterocycles. The van der Waals surface area contributed by atoms with Crippen molar-refractivity contribution >= 4 is 27.8 Å². The molecule has 0 aliphatic carbocycles. The van der Waals surface area contributed by atoms with Gasteiger partial charge in [-0.3, -0.25) is 0 Å². The van der Waals surface area contributed by atoms with Crippen molar-refractivity contribution in [3.63, 3.8) is 0 Å². The number of aromatic nitrogens is 1. The van der Waals surface area contributed by atoms with Crippen LogP contribution in [0.5, 0.6) is 0 Å². The highest BCUT2D eigenvalue weighted by Gasteiger charge is 2.21. The highest BCUT2D eigenvalue weighted by Crippen LogP contribution is 2.29. The monoisotopic (exact) mass is 266 g/mol. The molecule has 2 nitrogen and oxygen atoms in total. The van der Waals surface area contributed by atoms with Gasteiger partial charge in [-0.2, -0.15) is 0 Å². The molecule has 0 bridgehead atoms. The third-order valence-corrected chi connectivity index (χ3v) is 5.16. The first-order chi connectivity index (χ1) is 7.99. The summed E-state index contributed by atoms with van der Waals surface area (Å²) < 4.78 is 0. The van der Waals surface area contributed by atoms with Crippen LogP contribution in [0.2, 0.25) is 0 Å². The third-order valence-electron chi connectivity index (χ3n) is 2.90. The topological polar surface area (TPSA) is 24.9 Å². The molecule has 0 radical (unpaired) electrons. The normalized spacial score (nSPS) is 11.8. The summed E-state index contributed by atoms with van der Waals surface area (Å²) in [7, 11) is 0.